The summed E-state index contributed by atoms with van der Waals surface area (Å²) in [6.07, 6.45) is 5.43. The minimum absolute atomic E-state index is 0.00604. The van der Waals surface area contributed by atoms with Crippen molar-refractivity contribution in [3.8, 4) is 0 Å². The van der Waals surface area contributed by atoms with E-state index < -0.39 is 23.1 Å². The highest BCUT2D eigenvalue weighted by Gasteiger charge is 2.37. The molecule has 0 aromatic heterocycles. The largest absolute Gasteiger partial charge is 0.390 e. The van der Waals surface area contributed by atoms with Gasteiger partial charge in [-0.05, 0) is 121 Å². The first-order valence-corrected chi connectivity index (χ1v) is 15.6. The molecule has 2 amide bonds. The minimum atomic E-state index is -1.08. The van der Waals surface area contributed by atoms with E-state index in [9.17, 15) is 23.5 Å². The summed E-state index contributed by atoms with van der Waals surface area (Å²) in [5.41, 5.74) is 2.61. The van der Waals surface area contributed by atoms with E-state index in [1.807, 2.05) is 27.7 Å². The molecule has 232 valence electrons. The Morgan fingerprint density at radius 3 is 2.33 bits per heavy atom. The number of carbonyl (C=O) groups excluding carboxylic acids is 2. The van der Waals surface area contributed by atoms with Crippen LogP contribution < -0.4 is 10.2 Å². The number of aliphatic hydroxyl groups is 1. The normalized spacial score (nSPS) is 22.7. The zero-order valence-corrected chi connectivity index (χ0v) is 25.7. The van der Waals surface area contributed by atoms with Gasteiger partial charge in [0.2, 0.25) is 5.91 Å². The first-order chi connectivity index (χ1) is 20.4. The van der Waals surface area contributed by atoms with Crippen LogP contribution in [0.5, 0.6) is 0 Å². The molecule has 2 fully saturated rings. The van der Waals surface area contributed by atoms with Crippen molar-refractivity contribution in [1.29, 1.82) is 0 Å². The van der Waals surface area contributed by atoms with Gasteiger partial charge in [0.05, 0.1) is 5.60 Å². The summed E-state index contributed by atoms with van der Waals surface area (Å²) in [5, 5.41) is 13.5. The van der Waals surface area contributed by atoms with Crippen LogP contribution in [0.1, 0.15) is 87.7 Å². The number of anilines is 1. The highest BCUT2D eigenvalue weighted by molar-refractivity contribution is 6.12. The van der Waals surface area contributed by atoms with Crippen LogP contribution in [0.4, 0.5) is 14.5 Å². The average molecular weight is 595 g/mol. The molecule has 1 saturated carbocycles. The van der Waals surface area contributed by atoms with E-state index in [2.05, 4.69) is 38.3 Å². The van der Waals surface area contributed by atoms with Crippen LogP contribution >= 0.6 is 0 Å². The van der Waals surface area contributed by atoms with E-state index in [1.54, 1.807) is 0 Å². The van der Waals surface area contributed by atoms with E-state index in [4.69, 9.17) is 0 Å². The van der Waals surface area contributed by atoms with Crippen LogP contribution in [-0.4, -0.2) is 58.4 Å². The van der Waals surface area contributed by atoms with Crippen molar-refractivity contribution in [2.75, 3.05) is 18.0 Å². The molecule has 0 bridgehead atoms. The van der Waals surface area contributed by atoms with Crippen LogP contribution in [0, 0.1) is 23.5 Å². The van der Waals surface area contributed by atoms with Crippen molar-refractivity contribution in [2.24, 2.45) is 16.8 Å². The zero-order chi connectivity index (χ0) is 30.9. The number of amidine groups is 1. The predicted octanol–water partition coefficient (Wildman–Crippen LogP) is 5.63. The van der Waals surface area contributed by atoms with Crippen molar-refractivity contribution in [3.05, 3.63) is 64.7 Å². The van der Waals surface area contributed by atoms with Crippen molar-refractivity contribution in [3.63, 3.8) is 0 Å². The lowest BCUT2D eigenvalue weighted by atomic mass is 9.83. The first-order valence-electron chi connectivity index (χ1n) is 15.6. The predicted molar refractivity (Wildman–Crippen MR) is 164 cm³/mol. The fourth-order valence-corrected chi connectivity index (χ4v) is 6.84. The monoisotopic (exact) mass is 594 g/mol. The molecular formula is C34H44F2N4O3. The molecule has 2 aromatic carbocycles. The van der Waals surface area contributed by atoms with Crippen molar-refractivity contribution in [2.45, 2.75) is 96.9 Å². The van der Waals surface area contributed by atoms with E-state index >= 15 is 0 Å². The summed E-state index contributed by atoms with van der Waals surface area (Å²) in [4.78, 5) is 34.9. The maximum atomic E-state index is 13.9. The number of nitrogens with one attached hydrogen (secondary N) is 1. The summed E-state index contributed by atoms with van der Waals surface area (Å²) >= 11 is 0. The highest BCUT2D eigenvalue weighted by atomic mass is 19.2. The second kappa shape index (κ2) is 12.8. The molecule has 9 heteroatoms. The number of carbonyl (C=O) groups is 2. The number of amides is 2. The number of hydrogen-bond donors (Lipinski definition) is 2. The Kier molecular flexibility index (Phi) is 9.32. The topological polar surface area (TPSA) is 85.2 Å². The Morgan fingerprint density at radius 2 is 1.70 bits per heavy atom. The number of aliphatic imine (C=N–C) groups is 1. The molecule has 7 nitrogen and oxygen atoms in total. The fourth-order valence-electron chi connectivity index (χ4n) is 6.84. The zero-order valence-electron chi connectivity index (χ0n) is 25.7. The standard InChI is InChI=1S/C34H44F2N4O3/c1-21(2)37-32(41)23-7-10-27(11-8-23)40-30-17-22(20-39-15-13-26(14-16-39)34(3,4)43)5-6-24(30)19-31(40)38-33(42)25-9-12-28(35)29(36)18-25/h5-6,9,12,17-18,21,23,26-27,43H,7-8,10-11,13-16,19-20H2,1-4H3,(H,37,41). The van der Waals surface area contributed by atoms with Crippen molar-refractivity contribution in [1.82, 2.24) is 10.2 Å². The quantitative estimate of drug-likeness (QED) is 0.434. The molecule has 0 radical (unpaired) electrons. The molecule has 1 saturated heterocycles. The third-order valence-electron chi connectivity index (χ3n) is 9.29. The lowest BCUT2D eigenvalue weighted by Crippen LogP contribution is -2.44. The van der Waals surface area contributed by atoms with Gasteiger partial charge in [-0.25, -0.2) is 8.78 Å². The Morgan fingerprint density at radius 1 is 1.00 bits per heavy atom. The molecule has 3 aliphatic rings. The lowest BCUT2D eigenvalue weighted by Gasteiger charge is -2.38. The van der Waals surface area contributed by atoms with Crippen molar-refractivity contribution >= 4 is 23.3 Å². The second-order valence-electron chi connectivity index (χ2n) is 13.3. The summed E-state index contributed by atoms with van der Waals surface area (Å²) in [7, 11) is 0. The number of fused-ring (bicyclic) bond motifs is 1. The van der Waals surface area contributed by atoms with E-state index in [-0.39, 0.29) is 29.5 Å². The van der Waals surface area contributed by atoms with Gasteiger partial charge in [0.25, 0.3) is 5.91 Å². The molecule has 43 heavy (non-hydrogen) atoms. The van der Waals surface area contributed by atoms with Crippen molar-refractivity contribution < 1.29 is 23.5 Å². The summed E-state index contributed by atoms with van der Waals surface area (Å²) < 4.78 is 27.4. The number of hydrogen-bond acceptors (Lipinski definition) is 4. The molecule has 2 aromatic rings. The molecule has 2 aliphatic heterocycles. The van der Waals surface area contributed by atoms with Crippen LogP contribution in [0.25, 0.3) is 0 Å². The summed E-state index contributed by atoms with van der Waals surface area (Å²) in [5.74, 6) is -1.74. The van der Waals surface area contributed by atoms with Gasteiger partial charge >= 0.3 is 0 Å². The molecule has 0 unspecified atom stereocenters. The molecule has 0 spiro atoms. The minimum Gasteiger partial charge on any atom is -0.390 e. The average Bonchev–Trinajstić information content (AvgIpc) is 3.31. The third kappa shape index (κ3) is 7.32. The SMILES string of the molecule is CC(C)NC(=O)C1CCC(N2C(=NC(=O)c3ccc(F)c(F)c3)Cc3ccc(CN4CCC(C(C)(C)O)CC4)cc32)CC1. The third-order valence-corrected chi connectivity index (χ3v) is 9.29. The fraction of sp³-hybridized carbons (Fsp3) is 0.559. The first kappa shape index (κ1) is 31.3. The van der Waals surface area contributed by atoms with Crippen LogP contribution in [0.3, 0.4) is 0 Å². The van der Waals surface area contributed by atoms with Gasteiger partial charge in [0.15, 0.2) is 11.6 Å². The van der Waals surface area contributed by atoms with Gasteiger partial charge in [-0.1, -0.05) is 12.1 Å². The Labute approximate surface area is 253 Å². The van der Waals surface area contributed by atoms with Crippen LogP contribution in [0.2, 0.25) is 0 Å². The Bertz CT molecular complexity index is 1370. The molecule has 1 aliphatic carbocycles. The van der Waals surface area contributed by atoms with Crippen LogP contribution in [-0.2, 0) is 17.8 Å². The summed E-state index contributed by atoms with van der Waals surface area (Å²) in [6.45, 7) is 10.4. The smallest absolute Gasteiger partial charge is 0.278 e. The van der Waals surface area contributed by atoms with E-state index in [0.29, 0.717) is 18.2 Å². The lowest BCUT2D eigenvalue weighted by molar-refractivity contribution is -0.126. The maximum absolute atomic E-state index is 13.9. The highest BCUT2D eigenvalue weighted by Crippen LogP contribution is 2.38. The van der Waals surface area contributed by atoms with E-state index in [1.165, 1.54) is 11.6 Å². The molecule has 2 heterocycles. The van der Waals surface area contributed by atoms with E-state index in [0.717, 1.165) is 81.5 Å². The second-order valence-corrected chi connectivity index (χ2v) is 13.3. The summed E-state index contributed by atoms with van der Waals surface area (Å²) in [6, 6.07) is 9.69. The van der Waals surface area contributed by atoms with Gasteiger partial charge in [-0.3, -0.25) is 14.5 Å². The van der Waals surface area contributed by atoms with Crippen LogP contribution in [0.15, 0.2) is 41.4 Å². The number of halogens is 2. The number of piperidine rings is 1. The number of nitrogens with zero attached hydrogens (tertiary/aromatic N) is 3. The van der Waals surface area contributed by atoms with Gasteiger partial charge in [0.1, 0.15) is 5.84 Å². The number of rotatable bonds is 7. The van der Waals surface area contributed by atoms with Gasteiger partial charge in [-0.2, -0.15) is 4.99 Å². The van der Waals surface area contributed by atoms with Gasteiger partial charge in [0, 0.05) is 42.2 Å². The number of benzene rings is 2. The molecular weight excluding hydrogens is 550 g/mol. The molecule has 2 N–H and O–H groups in total. The van der Waals surface area contributed by atoms with Gasteiger partial charge < -0.3 is 15.3 Å². The Balaban J connectivity index is 1.37. The molecule has 0 atom stereocenters. The maximum Gasteiger partial charge on any atom is 0.278 e. The molecule has 5 rings (SSSR count). The van der Waals surface area contributed by atoms with Gasteiger partial charge in [-0.15, -0.1) is 0 Å². The number of likely N-dealkylation sites (tertiary alicyclic amines) is 1. The Hall–Kier alpha value is -3.17.